The third-order valence-corrected chi connectivity index (χ3v) is 4.64. The number of halogens is 1. The predicted octanol–water partition coefficient (Wildman–Crippen LogP) is 3.79. The van der Waals surface area contributed by atoms with Crippen LogP contribution in [0.2, 0.25) is 5.02 Å². The molecule has 19 heavy (non-hydrogen) atoms. The normalized spacial score (nSPS) is 25.2. The summed E-state index contributed by atoms with van der Waals surface area (Å²) in [7, 11) is 0. The number of hydrogen-bond donors (Lipinski definition) is 2. The summed E-state index contributed by atoms with van der Waals surface area (Å²) in [5.74, 6) is 1.56. The summed E-state index contributed by atoms with van der Waals surface area (Å²) < 4.78 is 0. The lowest BCUT2D eigenvalue weighted by atomic mass is 9.80. The van der Waals surface area contributed by atoms with Crippen molar-refractivity contribution in [2.75, 3.05) is 13.1 Å². The lowest BCUT2D eigenvalue weighted by Gasteiger charge is -2.29. The molecule has 1 aliphatic carbocycles. The van der Waals surface area contributed by atoms with Crippen LogP contribution in [0, 0.1) is 11.8 Å². The number of hydrogen-bond acceptors (Lipinski definition) is 2. The number of benzene rings is 1. The molecule has 3 atom stereocenters. The smallest absolute Gasteiger partial charge is 0.0928 e. The first-order valence-electron chi connectivity index (χ1n) is 7.31. The maximum atomic E-state index is 10.1. The van der Waals surface area contributed by atoms with Crippen molar-refractivity contribution in [1.82, 2.24) is 5.32 Å². The molecule has 3 heteroatoms. The van der Waals surface area contributed by atoms with Crippen molar-refractivity contribution < 1.29 is 5.11 Å². The zero-order valence-electron chi connectivity index (χ0n) is 11.6. The third-order valence-electron chi connectivity index (χ3n) is 4.30. The molecular formula is C16H24ClNO. The van der Waals surface area contributed by atoms with Gasteiger partial charge in [0, 0.05) is 17.1 Å². The molecule has 1 aromatic rings. The molecule has 1 saturated carbocycles. The molecule has 3 unspecified atom stereocenters. The lowest BCUT2D eigenvalue weighted by molar-refractivity contribution is 0.166. The third kappa shape index (κ3) is 4.20. The van der Waals surface area contributed by atoms with Crippen molar-refractivity contribution in [3.05, 3.63) is 34.9 Å². The highest BCUT2D eigenvalue weighted by molar-refractivity contribution is 6.31. The monoisotopic (exact) mass is 281 g/mol. The first-order chi connectivity index (χ1) is 9.18. The second-order valence-electron chi connectivity index (χ2n) is 5.72. The summed E-state index contributed by atoms with van der Waals surface area (Å²) in [4.78, 5) is 0. The maximum Gasteiger partial charge on any atom is 0.0928 e. The zero-order chi connectivity index (χ0) is 13.7. The van der Waals surface area contributed by atoms with Crippen LogP contribution in [0.25, 0.3) is 0 Å². The van der Waals surface area contributed by atoms with Gasteiger partial charge in [-0.05, 0) is 30.9 Å². The zero-order valence-corrected chi connectivity index (χ0v) is 12.4. The molecule has 106 valence electrons. The van der Waals surface area contributed by atoms with Crippen molar-refractivity contribution >= 4 is 11.6 Å². The SMILES string of the molecule is CC1CCCCC1CNCC(O)c1ccccc1Cl. The van der Waals surface area contributed by atoms with E-state index in [0.29, 0.717) is 11.6 Å². The molecule has 2 N–H and O–H groups in total. The van der Waals surface area contributed by atoms with E-state index in [1.54, 1.807) is 0 Å². The minimum Gasteiger partial charge on any atom is -0.387 e. The maximum absolute atomic E-state index is 10.1. The molecule has 0 saturated heterocycles. The van der Waals surface area contributed by atoms with Gasteiger partial charge in [0.15, 0.2) is 0 Å². The summed E-state index contributed by atoms with van der Waals surface area (Å²) in [5.41, 5.74) is 0.813. The highest BCUT2D eigenvalue weighted by Crippen LogP contribution is 2.29. The number of aliphatic hydroxyl groups is 1. The van der Waals surface area contributed by atoms with Gasteiger partial charge in [-0.15, -0.1) is 0 Å². The largest absolute Gasteiger partial charge is 0.387 e. The van der Waals surface area contributed by atoms with Gasteiger partial charge >= 0.3 is 0 Å². The van der Waals surface area contributed by atoms with Gasteiger partial charge in [0.25, 0.3) is 0 Å². The van der Waals surface area contributed by atoms with Gasteiger partial charge in [-0.2, -0.15) is 0 Å². The van der Waals surface area contributed by atoms with E-state index in [4.69, 9.17) is 11.6 Å². The Bertz CT molecular complexity index is 396. The molecule has 0 heterocycles. The molecule has 0 radical (unpaired) electrons. The van der Waals surface area contributed by atoms with Gasteiger partial charge < -0.3 is 10.4 Å². The fourth-order valence-electron chi connectivity index (χ4n) is 2.96. The van der Waals surface area contributed by atoms with E-state index in [1.807, 2.05) is 24.3 Å². The van der Waals surface area contributed by atoms with Crippen molar-refractivity contribution in [2.24, 2.45) is 11.8 Å². The first kappa shape index (κ1) is 14.8. The lowest BCUT2D eigenvalue weighted by Crippen LogP contribution is -2.32. The van der Waals surface area contributed by atoms with Gasteiger partial charge in [0.1, 0.15) is 0 Å². The molecule has 0 aromatic heterocycles. The van der Waals surface area contributed by atoms with E-state index in [2.05, 4.69) is 12.2 Å². The summed E-state index contributed by atoms with van der Waals surface area (Å²) in [6, 6.07) is 7.50. The molecule has 1 aliphatic rings. The van der Waals surface area contributed by atoms with Crippen molar-refractivity contribution in [2.45, 2.75) is 38.7 Å². The Morgan fingerprint density at radius 3 is 2.79 bits per heavy atom. The van der Waals surface area contributed by atoms with Gasteiger partial charge in [-0.1, -0.05) is 56.0 Å². The van der Waals surface area contributed by atoms with Crippen molar-refractivity contribution in [1.29, 1.82) is 0 Å². The molecule has 0 spiro atoms. The van der Waals surface area contributed by atoms with E-state index >= 15 is 0 Å². The Kier molecular flexibility index (Phi) is 5.68. The van der Waals surface area contributed by atoms with E-state index in [0.717, 1.165) is 23.9 Å². The minimum atomic E-state index is -0.521. The van der Waals surface area contributed by atoms with Crippen LogP contribution in [-0.2, 0) is 0 Å². The van der Waals surface area contributed by atoms with E-state index in [1.165, 1.54) is 25.7 Å². The van der Waals surface area contributed by atoms with E-state index in [-0.39, 0.29) is 0 Å². The van der Waals surface area contributed by atoms with Gasteiger partial charge in [0.05, 0.1) is 6.10 Å². The Morgan fingerprint density at radius 2 is 2.05 bits per heavy atom. The molecule has 1 aromatic carbocycles. The standard InChI is InChI=1S/C16H24ClNO/c1-12-6-2-3-7-13(12)10-18-11-16(19)14-8-4-5-9-15(14)17/h4-5,8-9,12-13,16,18-19H,2-3,6-7,10-11H2,1H3. The average Bonchev–Trinajstić information content (AvgIpc) is 2.41. The number of nitrogens with one attached hydrogen (secondary N) is 1. The molecule has 1 fully saturated rings. The minimum absolute atomic E-state index is 0.521. The quantitative estimate of drug-likeness (QED) is 0.861. The van der Waals surface area contributed by atoms with Gasteiger partial charge in [-0.3, -0.25) is 0 Å². The Balaban J connectivity index is 1.77. The van der Waals surface area contributed by atoms with Crippen LogP contribution in [0.5, 0.6) is 0 Å². The second-order valence-corrected chi connectivity index (χ2v) is 6.12. The summed E-state index contributed by atoms with van der Waals surface area (Å²) in [6.07, 6.45) is 4.87. The van der Waals surface area contributed by atoms with Gasteiger partial charge in [0.2, 0.25) is 0 Å². The second kappa shape index (κ2) is 7.28. The highest BCUT2D eigenvalue weighted by Gasteiger charge is 2.21. The molecule has 0 bridgehead atoms. The molecule has 2 rings (SSSR count). The highest BCUT2D eigenvalue weighted by atomic mass is 35.5. The first-order valence-corrected chi connectivity index (χ1v) is 7.69. The molecule has 0 aliphatic heterocycles. The average molecular weight is 282 g/mol. The molecular weight excluding hydrogens is 258 g/mol. The summed E-state index contributed by atoms with van der Waals surface area (Å²) in [6.45, 7) is 3.92. The van der Waals surface area contributed by atoms with E-state index < -0.39 is 6.10 Å². The summed E-state index contributed by atoms with van der Waals surface area (Å²) >= 11 is 6.08. The number of rotatable bonds is 5. The van der Waals surface area contributed by atoms with Crippen LogP contribution in [0.1, 0.15) is 44.3 Å². The van der Waals surface area contributed by atoms with Crippen LogP contribution < -0.4 is 5.32 Å². The fourth-order valence-corrected chi connectivity index (χ4v) is 3.22. The van der Waals surface area contributed by atoms with Gasteiger partial charge in [-0.25, -0.2) is 0 Å². The van der Waals surface area contributed by atoms with E-state index in [9.17, 15) is 5.11 Å². The Morgan fingerprint density at radius 1 is 1.32 bits per heavy atom. The predicted molar refractivity (Wildman–Crippen MR) is 80.4 cm³/mol. The van der Waals surface area contributed by atoms with Crippen LogP contribution in [0.4, 0.5) is 0 Å². The topological polar surface area (TPSA) is 32.3 Å². The fraction of sp³-hybridized carbons (Fsp3) is 0.625. The van der Waals surface area contributed by atoms with Crippen LogP contribution in [0.15, 0.2) is 24.3 Å². The molecule has 0 amide bonds. The van der Waals surface area contributed by atoms with Crippen LogP contribution >= 0.6 is 11.6 Å². The van der Waals surface area contributed by atoms with Crippen LogP contribution in [-0.4, -0.2) is 18.2 Å². The Hall–Kier alpha value is -0.570. The number of aliphatic hydroxyl groups excluding tert-OH is 1. The summed E-state index contributed by atoms with van der Waals surface area (Å²) in [5, 5.41) is 14.2. The van der Waals surface area contributed by atoms with Crippen molar-refractivity contribution in [3.8, 4) is 0 Å². The van der Waals surface area contributed by atoms with Crippen molar-refractivity contribution in [3.63, 3.8) is 0 Å². The molecule has 2 nitrogen and oxygen atoms in total. The Labute approximate surface area is 121 Å². The van der Waals surface area contributed by atoms with Crippen LogP contribution in [0.3, 0.4) is 0 Å².